The molecule has 0 saturated carbocycles. The lowest BCUT2D eigenvalue weighted by Crippen LogP contribution is -2.39. The minimum Gasteiger partial charge on any atom is -0.325 e. The van der Waals surface area contributed by atoms with Crippen molar-refractivity contribution in [2.45, 2.75) is 26.4 Å². The Morgan fingerprint density at radius 3 is 2.21 bits per heavy atom. The Balaban J connectivity index is 1.95. The van der Waals surface area contributed by atoms with Crippen molar-refractivity contribution in [3.05, 3.63) is 64.1 Å². The number of halogens is 1. The van der Waals surface area contributed by atoms with Crippen LogP contribution in [0, 0.1) is 0 Å². The summed E-state index contributed by atoms with van der Waals surface area (Å²) in [6, 6.07) is 14.7. The number of nitrogens with zero attached hydrogens (tertiary/aromatic N) is 1. The molecule has 0 aromatic heterocycles. The van der Waals surface area contributed by atoms with Crippen LogP contribution in [-0.2, 0) is 11.3 Å². The third-order valence-electron chi connectivity index (χ3n) is 3.94. The topological polar surface area (TPSA) is 49.4 Å². The zero-order chi connectivity index (χ0) is 17.7. The highest BCUT2D eigenvalue weighted by Gasteiger charge is 2.18. The number of amides is 1. The number of carbonyl (C=O) groups is 2. The van der Waals surface area contributed by atoms with Crippen molar-refractivity contribution in [1.29, 1.82) is 0 Å². The van der Waals surface area contributed by atoms with E-state index in [9.17, 15) is 9.59 Å². The molecule has 1 atom stereocenters. The van der Waals surface area contributed by atoms with Crippen molar-refractivity contribution < 1.29 is 9.59 Å². The summed E-state index contributed by atoms with van der Waals surface area (Å²) in [6.07, 6.45) is 0. The number of anilines is 1. The second-order valence-corrected chi connectivity index (χ2v) is 6.76. The van der Waals surface area contributed by atoms with Gasteiger partial charge in [0.05, 0.1) is 6.04 Å². The van der Waals surface area contributed by atoms with Crippen LogP contribution >= 0.6 is 15.9 Å². The predicted molar refractivity (Wildman–Crippen MR) is 100 cm³/mol. The first-order valence-electron chi connectivity index (χ1n) is 7.73. The van der Waals surface area contributed by atoms with Crippen LogP contribution in [0.4, 0.5) is 5.69 Å². The van der Waals surface area contributed by atoms with E-state index in [2.05, 4.69) is 21.2 Å². The molecule has 2 aromatic rings. The van der Waals surface area contributed by atoms with E-state index in [1.54, 1.807) is 24.3 Å². The molecule has 0 aliphatic rings. The molecule has 0 bridgehead atoms. The molecule has 0 heterocycles. The first-order valence-corrected chi connectivity index (χ1v) is 8.52. The Labute approximate surface area is 151 Å². The van der Waals surface area contributed by atoms with Gasteiger partial charge < -0.3 is 5.32 Å². The molecule has 0 radical (unpaired) electrons. The Bertz CT molecular complexity index is 711. The molecule has 5 heteroatoms. The zero-order valence-electron chi connectivity index (χ0n) is 14.0. The van der Waals surface area contributed by atoms with Gasteiger partial charge in [-0.15, -0.1) is 0 Å². The first-order chi connectivity index (χ1) is 11.4. The average molecular weight is 389 g/mol. The summed E-state index contributed by atoms with van der Waals surface area (Å²) in [5.74, 6) is -0.0688. The molecular formula is C19H21BrN2O2. The zero-order valence-corrected chi connectivity index (χ0v) is 15.6. The van der Waals surface area contributed by atoms with Crippen LogP contribution in [0.1, 0.15) is 29.8 Å². The van der Waals surface area contributed by atoms with Crippen LogP contribution in [0.15, 0.2) is 53.0 Å². The van der Waals surface area contributed by atoms with Gasteiger partial charge in [-0.05, 0) is 62.9 Å². The molecule has 126 valence electrons. The second-order valence-electron chi connectivity index (χ2n) is 5.84. The van der Waals surface area contributed by atoms with Crippen molar-refractivity contribution >= 4 is 33.3 Å². The third kappa shape index (κ3) is 5.01. The molecule has 1 amide bonds. The molecular weight excluding hydrogens is 368 g/mol. The Morgan fingerprint density at radius 2 is 1.67 bits per heavy atom. The van der Waals surface area contributed by atoms with Gasteiger partial charge in [-0.2, -0.15) is 0 Å². The van der Waals surface area contributed by atoms with Gasteiger partial charge in [0.2, 0.25) is 5.91 Å². The molecule has 2 rings (SSSR count). The van der Waals surface area contributed by atoms with E-state index in [1.807, 2.05) is 43.1 Å². The minimum atomic E-state index is -0.277. The fourth-order valence-corrected chi connectivity index (χ4v) is 2.51. The number of hydrogen-bond donors (Lipinski definition) is 1. The minimum absolute atomic E-state index is 0.00970. The van der Waals surface area contributed by atoms with Gasteiger partial charge in [0.25, 0.3) is 0 Å². The molecule has 0 aliphatic heterocycles. The van der Waals surface area contributed by atoms with Crippen LogP contribution in [-0.4, -0.2) is 29.7 Å². The summed E-state index contributed by atoms with van der Waals surface area (Å²) in [7, 11) is 1.92. The van der Waals surface area contributed by atoms with E-state index in [0.29, 0.717) is 17.8 Å². The normalized spacial score (nSPS) is 12.0. The van der Waals surface area contributed by atoms with Crippen LogP contribution < -0.4 is 5.32 Å². The molecule has 0 saturated heterocycles. The molecule has 1 unspecified atom stereocenters. The predicted octanol–water partition coefficient (Wildman–Crippen LogP) is 4.11. The van der Waals surface area contributed by atoms with E-state index in [1.165, 1.54) is 6.92 Å². The van der Waals surface area contributed by atoms with Gasteiger partial charge in [0.15, 0.2) is 5.78 Å². The molecule has 0 spiro atoms. The highest BCUT2D eigenvalue weighted by molar-refractivity contribution is 9.10. The monoisotopic (exact) mass is 388 g/mol. The second kappa shape index (κ2) is 8.22. The summed E-state index contributed by atoms with van der Waals surface area (Å²) in [6.45, 7) is 4.08. The summed E-state index contributed by atoms with van der Waals surface area (Å²) >= 11 is 3.42. The maximum Gasteiger partial charge on any atom is 0.241 e. The smallest absolute Gasteiger partial charge is 0.241 e. The number of nitrogens with one attached hydrogen (secondary N) is 1. The third-order valence-corrected chi connectivity index (χ3v) is 4.47. The fourth-order valence-electron chi connectivity index (χ4n) is 2.25. The lowest BCUT2D eigenvalue weighted by molar-refractivity contribution is -0.120. The summed E-state index contributed by atoms with van der Waals surface area (Å²) in [5, 5.41) is 2.88. The number of ketones is 1. The summed E-state index contributed by atoms with van der Waals surface area (Å²) in [5.41, 5.74) is 2.47. The summed E-state index contributed by atoms with van der Waals surface area (Å²) in [4.78, 5) is 25.7. The maximum atomic E-state index is 12.4. The molecule has 0 fully saturated rings. The van der Waals surface area contributed by atoms with Gasteiger partial charge in [-0.3, -0.25) is 14.5 Å². The standard InChI is InChI=1S/C19H21BrN2O2/c1-13(22(3)12-15-4-8-17(20)9-5-15)19(24)21-18-10-6-16(7-11-18)14(2)23/h4-11,13H,12H2,1-3H3,(H,21,24). The Hall–Kier alpha value is -1.98. The number of carbonyl (C=O) groups excluding carboxylic acids is 2. The maximum absolute atomic E-state index is 12.4. The highest BCUT2D eigenvalue weighted by Crippen LogP contribution is 2.14. The SMILES string of the molecule is CC(=O)c1ccc(NC(=O)C(C)N(C)Cc2ccc(Br)cc2)cc1. The van der Waals surface area contributed by atoms with Crippen LogP contribution in [0.5, 0.6) is 0 Å². The lowest BCUT2D eigenvalue weighted by atomic mass is 10.1. The number of rotatable bonds is 6. The van der Waals surface area contributed by atoms with Crippen molar-refractivity contribution in [3.63, 3.8) is 0 Å². The van der Waals surface area contributed by atoms with Crippen molar-refractivity contribution in [3.8, 4) is 0 Å². The molecule has 1 N–H and O–H groups in total. The van der Waals surface area contributed by atoms with Crippen LogP contribution in [0.25, 0.3) is 0 Å². The largest absolute Gasteiger partial charge is 0.325 e. The van der Waals surface area contributed by atoms with E-state index in [-0.39, 0.29) is 17.7 Å². The fraction of sp³-hybridized carbons (Fsp3) is 0.263. The Kier molecular flexibility index (Phi) is 6.29. The number of likely N-dealkylation sites (N-methyl/N-ethyl adjacent to an activating group) is 1. The van der Waals surface area contributed by atoms with Gasteiger partial charge in [-0.25, -0.2) is 0 Å². The van der Waals surface area contributed by atoms with Gasteiger partial charge in [-0.1, -0.05) is 28.1 Å². The van der Waals surface area contributed by atoms with E-state index in [0.717, 1.165) is 10.0 Å². The van der Waals surface area contributed by atoms with Gasteiger partial charge in [0.1, 0.15) is 0 Å². The van der Waals surface area contributed by atoms with Crippen molar-refractivity contribution in [2.75, 3.05) is 12.4 Å². The summed E-state index contributed by atoms with van der Waals surface area (Å²) < 4.78 is 1.04. The van der Waals surface area contributed by atoms with Crippen LogP contribution in [0.2, 0.25) is 0 Å². The molecule has 0 aliphatic carbocycles. The number of benzene rings is 2. The molecule has 2 aromatic carbocycles. The van der Waals surface area contributed by atoms with Crippen molar-refractivity contribution in [2.24, 2.45) is 0 Å². The van der Waals surface area contributed by atoms with E-state index in [4.69, 9.17) is 0 Å². The average Bonchev–Trinajstić information content (AvgIpc) is 2.56. The number of Topliss-reactive ketones (excluding diaryl/α,β-unsaturated/α-hetero) is 1. The molecule has 24 heavy (non-hydrogen) atoms. The molecule has 4 nitrogen and oxygen atoms in total. The van der Waals surface area contributed by atoms with Crippen LogP contribution in [0.3, 0.4) is 0 Å². The van der Waals surface area contributed by atoms with E-state index < -0.39 is 0 Å². The van der Waals surface area contributed by atoms with E-state index >= 15 is 0 Å². The number of hydrogen-bond acceptors (Lipinski definition) is 3. The van der Waals surface area contributed by atoms with Gasteiger partial charge in [0, 0.05) is 22.3 Å². The highest BCUT2D eigenvalue weighted by atomic mass is 79.9. The Morgan fingerprint density at radius 1 is 1.08 bits per heavy atom. The van der Waals surface area contributed by atoms with Gasteiger partial charge >= 0.3 is 0 Å². The van der Waals surface area contributed by atoms with Crippen molar-refractivity contribution in [1.82, 2.24) is 4.90 Å². The lowest BCUT2D eigenvalue weighted by Gasteiger charge is -2.24. The first kappa shape index (κ1) is 18.4. The quantitative estimate of drug-likeness (QED) is 0.757.